The molecule has 0 heterocycles. The lowest BCUT2D eigenvalue weighted by atomic mass is 10.2. The van der Waals surface area contributed by atoms with Crippen LogP contribution in [0.25, 0.3) is 0 Å². The molecule has 0 amide bonds. The second-order valence-corrected chi connectivity index (χ2v) is 9.67. The molecule has 0 bridgehead atoms. The fourth-order valence-electron chi connectivity index (χ4n) is 2.49. The van der Waals surface area contributed by atoms with E-state index in [0.717, 1.165) is 6.07 Å². The van der Waals surface area contributed by atoms with E-state index in [4.69, 9.17) is 16.7 Å². The molecule has 0 unspecified atom stereocenters. The van der Waals surface area contributed by atoms with Crippen LogP contribution < -0.4 is 4.72 Å². The standard InChI is InChI=1S/C17H19ClN2O6S2/c1-3-20(4-2)28(25,26)14-7-5-6-13(11-14)19-27(23,24)16-10-12(17(21)22)8-9-15(16)18/h5-11,19H,3-4H2,1-2H3,(H,21,22). The lowest BCUT2D eigenvalue weighted by Gasteiger charge is -2.19. The molecule has 0 aliphatic carbocycles. The predicted octanol–water partition coefficient (Wildman–Crippen LogP) is 2.87. The maximum Gasteiger partial charge on any atom is 0.335 e. The minimum atomic E-state index is -4.25. The number of hydrogen-bond donors (Lipinski definition) is 2. The summed E-state index contributed by atoms with van der Waals surface area (Å²) < 4.78 is 54.0. The summed E-state index contributed by atoms with van der Waals surface area (Å²) in [4.78, 5) is 10.6. The van der Waals surface area contributed by atoms with E-state index in [-0.39, 0.29) is 34.3 Å². The number of aromatic carboxylic acids is 1. The largest absolute Gasteiger partial charge is 0.478 e. The highest BCUT2D eigenvalue weighted by atomic mass is 35.5. The van der Waals surface area contributed by atoms with Crippen molar-refractivity contribution >= 4 is 43.3 Å². The molecule has 2 N–H and O–H groups in total. The number of carboxylic acid groups (broad SMARTS) is 1. The molecular formula is C17H19ClN2O6S2. The molecule has 0 atom stereocenters. The third kappa shape index (κ3) is 4.64. The zero-order valence-electron chi connectivity index (χ0n) is 15.1. The van der Waals surface area contributed by atoms with Crippen LogP contribution in [0.4, 0.5) is 5.69 Å². The third-order valence-electron chi connectivity index (χ3n) is 3.90. The van der Waals surface area contributed by atoms with E-state index in [1.165, 1.54) is 40.7 Å². The Bertz CT molecular complexity index is 1100. The molecule has 2 aromatic rings. The van der Waals surface area contributed by atoms with Gasteiger partial charge in [-0.15, -0.1) is 0 Å². The Morgan fingerprint density at radius 1 is 1.07 bits per heavy atom. The first-order chi connectivity index (χ1) is 13.0. The lowest BCUT2D eigenvalue weighted by Crippen LogP contribution is -2.30. The quantitative estimate of drug-likeness (QED) is 0.643. The molecule has 11 heteroatoms. The van der Waals surface area contributed by atoms with Gasteiger partial charge in [-0.3, -0.25) is 4.72 Å². The van der Waals surface area contributed by atoms with E-state index < -0.39 is 30.9 Å². The van der Waals surface area contributed by atoms with E-state index in [1.807, 2.05) is 0 Å². The number of nitrogens with zero attached hydrogens (tertiary/aromatic N) is 1. The summed E-state index contributed by atoms with van der Waals surface area (Å²) in [5.41, 5.74) is -0.243. The van der Waals surface area contributed by atoms with Crippen molar-refractivity contribution in [3.63, 3.8) is 0 Å². The van der Waals surface area contributed by atoms with Gasteiger partial charge in [-0.2, -0.15) is 4.31 Å². The van der Waals surface area contributed by atoms with Gasteiger partial charge in [0.15, 0.2) is 0 Å². The number of carboxylic acids is 1. The van der Waals surface area contributed by atoms with Crippen molar-refractivity contribution in [3.8, 4) is 0 Å². The highest BCUT2D eigenvalue weighted by molar-refractivity contribution is 7.93. The predicted molar refractivity (Wildman–Crippen MR) is 106 cm³/mol. The number of sulfonamides is 2. The fraction of sp³-hybridized carbons (Fsp3) is 0.235. The minimum absolute atomic E-state index is 0.00465. The van der Waals surface area contributed by atoms with Gasteiger partial charge in [-0.25, -0.2) is 21.6 Å². The number of rotatable bonds is 8. The van der Waals surface area contributed by atoms with Crippen LogP contribution in [-0.2, 0) is 20.0 Å². The summed E-state index contributed by atoms with van der Waals surface area (Å²) in [6, 6.07) is 8.63. The van der Waals surface area contributed by atoms with Crippen LogP contribution in [0.1, 0.15) is 24.2 Å². The number of nitrogens with one attached hydrogen (secondary N) is 1. The van der Waals surface area contributed by atoms with Crippen molar-refractivity contribution < 1.29 is 26.7 Å². The molecule has 2 rings (SSSR count). The maximum absolute atomic E-state index is 12.7. The van der Waals surface area contributed by atoms with Crippen LogP contribution in [0.5, 0.6) is 0 Å². The average Bonchev–Trinajstić information content (AvgIpc) is 2.62. The Kier molecular flexibility index (Phi) is 6.71. The van der Waals surface area contributed by atoms with Crippen molar-refractivity contribution in [2.24, 2.45) is 0 Å². The second-order valence-electron chi connectivity index (χ2n) is 5.67. The summed E-state index contributed by atoms with van der Waals surface area (Å²) in [5, 5.41) is 8.89. The van der Waals surface area contributed by atoms with Crippen molar-refractivity contribution in [2.45, 2.75) is 23.6 Å². The van der Waals surface area contributed by atoms with Gasteiger partial charge < -0.3 is 5.11 Å². The van der Waals surface area contributed by atoms with Gasteiger partial charge in [-0.05, 0) is 36.4 Å². The Hall–Kier alpha value is -2.14. The van der Waals surface area contributed by atoms with Gasteiger partial charge in [0.1, 0.15) is 4.90 Å². The lowest BCUT2D eigenvalue weighted by molar-refractivity contribution is 0.0696. The second kappa shape index (κ2) is 8.48. The highest BCUT2D eigenvalue weighted by Gasteiger charge is 2.24. The summed E-state index contributed by atoms with van der Waals surface area (Å²) >= 11 is 5.92. The van der Waals surface area contributed by atoms with E-state index in [1.54, 1.807) is 13.8 Å². The summed E-state index contributed by atoms with van der Waals surface area (Å²) in [7, 11) is -8.02. The summed E-state index contributed by atoms with van der Waals surface area (Å²) in [6.45, 7) is 3.94. The van der Waals surface area contributed by atoms with E-state index >= 15 is 0 Å². The number of carbonyl (C=O) groups is 1. The molecule has 0 aliphatic rings. The Labute approximate surface area is 168 Å². The van der Waals surface area contributed by atoms with E-state index in [0.29, 0.717) is 0 Å². The van der Waals surface area contributed by atoms with Crippen molar-refractivity contribution in [1.82, 2.24) is 4.31 Å². The van der Waals surface area contributed by atoms with Crippen molar-refractivity contribution in [2.75, 3.05) is 17.8 Å². The number of hydrogen-bond acceptors (Lipinski definition) is 5. The van der Waals surface area contributed by atoms with E-state index in [2.05, 4.69) is 4.72 Å². The maximum atomic E-state index is 12.7. The van der Waals surface area contributed by atoms with Crippen LogP contribution in [0.3, 0.4) is 0 Å². The van der Waals surface area contributed by atoms with Gasteiger partial charge in [-0.1, -0.05) is 31.5 Å². The van der Waals surface area contributed by atoms with Gasteiger partial charge in [0, 0.05) is 13.1 Å². The number of anilines is 1. The zero-order chi connectivity index (χ0) is 21.1. The van der Waals surface area contributed by atoms with E-state index in [9.17, 15) is 21.6 Å². The Morgan fingerprint density at radius 2 is 1.71 bits per heavy atom. The molecule has 8 nitrogen and oxygen atoms in total. The Balaban J connectivity index is 2.44. The summed E-state index contributed by atoms with van der Waals surface area (Å²) in [6.07, 6.45) is 0. The molecule has 0 saturated heterocycles. The minimum Gasteiger partial charge on any atom is -0.478 e. The molecule has 0 aromatic heterocycles. The number of benzene rings is 2. The molecule has 0 fully saturated rings. The first kappa shape index (κ1) is 22.2. The molecular weight excluding hydrogens is 428 g/mol. The summed E-state index contributed by atoms with van der Waals surface area (Å²) in [5.74, 6) is -1.31. The molecule has 0 radical (unpaired) electrons. The first-order valence-corrected chi connectivity index (χ1v) is 11.5. The Morgan fingerprint density at radius 3 is 2.29 bits per heavy atom. The zero-order valence-corrected chi connectivity index (χ0v) is 17.5. The van der Waals surface area contributed by atoms with Crippen LogP contribution in [0, 0.1) is 0 Å². The number of halogens is 1. The smallest absolute Gasteiger partial charge is 0.335 e. The van der Waals surface area contributed by atoms with Crippen LogP contribution in [-0.4, -0.2) is 45.3 Å². The van der Waals surface area contributed by atoms with Crippen LogP contribution in [0.15, 0.2) is 52.3 Å². The van der Waals surface area contributed by atoms with Gasteiger partial charge in [0.2, 0.25) is 10.0 Å². The average molecular weight is 447 g/mol. The van der Waals surface area contributed by atoms with Crippen LogP contribution in [0.2, 0.25) is 5.02 Å². The van der Waals surface area contributed by atoms with Crippen molar-refractivity contribution in [1.29, 1.82) is 0 Å². The van der Waals surface area contributed by atoms with Crippen LogP contribution >= 0.6 is 11.6 Å². The van der Waals surface area contributed by atoms with Gasteiger partial charge in [0.25, 0.3) is 10.0 Å². The monoisotopic (exact) mass is 446 g/mol. The molecule has 0 saturated carbocycles. The third-order valence-corrected chi connectivity index (χ3v) is 7.81. The first-order valence-electron chi connectivity index (χ1n) is 8.18. The molecule has 152 valence electrons. The van der Waals surface area contributed by atoms with Crippen molar-refractivity contribution in [3.05, 3.63) is 53.1 Å². The fourth-order valence-corrected chi connectivity index (χ4v) is 5.57. The SMILES string of the molecule is CCN(CC)S(=O)(=O)c1cccc(NS(=O)(=O)c2cc(C(=O)O)ccc2Cl)c1. The molecule has 0 aliphatic heterocycles. The van der Waals surface area contributed by atoms with Gasteiger partial charge >= 0.3 is 5.97 Å². The molecule has 0 spiro atoms. The highest BCUT2D eigenvalue weighted by Crippen LogP contribution is 2.26. The molecule has 28 heavy (non-hydrogen) atoms. The topological polar surface area (TPSA) is 121 Å². The molecule has 2 aromatic carbocycles. The van der Waals surface area contributed by atoms with Gasteiger partial charge in [0.05, 0.1) is 21.2 Å². The normalized spacial score (nSPS) is 12.1.